The maximum absolute atomic E-state index is 14.0. The molecule has 1 N–H and O–H groups in total. The average molecular weight is 501 g/mol. The molecule has 0 aromatic heterocycles. The molecular formula is C29H29FN4O3. The minimum Gasteiger partial charge on any atom is -0.444 e. The first-order chi connectivity index (χ1) is 17.6. The molecule has 5 atom stereocenters. The van der Waals surface area contributed by atoms with Crippen molar-refractivity contribution in [2.45, 2.75) is 70.2 Å². The minimum atomic E-state index is -0.765. The Bertz CT molecular complexity index is 1340. The van der Waals surface area contributed by atoms with Gasteiger partial charge >= 0.3 is 6.09 Å². The van der Waals surface area contributed by atoms with Crippen molar-refractivity contribution in [1.29, 1.82) is 10.5 Å². The molecule has 1 saturated heterocycles. The SMILES string of the molecule is CC(C)(C)OC(=O)N1C(C(=O)NC(C#N)Cc2ccc(-c3ccc(C#N)c(F)c3)cc2)C2CCC23CC13. The molecule has 190 valence electrons. The number of carbonyl (C=O) groups excluding carboxylic acids is 2. The van der Waals surface area contributed by atoms with Crippen LogP contribution in [0.2, 0.25) is 0 Å². The van der Waals surface area contributed by atoms with E-state index in [1.165, 1.54) is 12.1 Å². The lowest BCUT2D eigenvalue weighted by molar-refractivity contribution is -0.129. The number of likely N-dealkylation sites (tertiary alicyclic amines) is 1. The summed E-state index contributed by atoms with van der Waals surface area (Å²) in [5.74, 6) is -0.774. The number of nitrogens with one attached hydrogen (secondary N) is 1. The first-order valence-corrected chi connectivity index (χ1v) is 12.6. The molecule has 37 heavy (non-hydrogen) atoms. The van der Waals surface area contributed by atoms with E-state index >= 15 is 0 Å². The average Bonchev–Trinajstić information content (AvgIpc) is 3.55. The Hall–Kier alpha value is -3.91. The Balaban J connectivity index is 1.26. The third kappa shape index (κ3) is 4.42. The third-order valence-electron chi connectivity index (χ3n) is 7.91. The summed E-state index contributed by atoms with van der Waals surface area (Å²) in [5, 5.41) is 21.6. The van der Waals surface area contributed by atoms with Crippen LogP contribution in [0.5, 0.6) is 0 Å². The number of nitrogens with zero attached hydrogens (tertiary/aromatic N) is 3. The lowest BCUT2D eigenvalue weighted by atomic mass is 9.68. The molecule has 2 aliphatic carbocycles. The molecule has 3 fully saturated rings. The Labute approximate surface area is 215 Å². The van der Waals surface area contributed by atoms with Gasteiger partial charge in [-0.15, -0.1) is 0 Å². The number of piperidine rings is 1. The molecule has 2 aromatic carbocycles. The lowest BCUT2D eigenvalue weighted by Gasteiger charge is -2.38. The molecule has 1 aliphatic heterocycles. The Morgan fingerprint density at radius 3 is 2.46 bits per heavy atom. The number of rotatable bonds is 5. The van der Waals surface area contributed by atoms with Crippen LogP contribution in [0.15, 0.2) is 42.5 Å². The zero-order valence-corrected chi connectivity index (χ0v) is 21.1. The summed E-state index contributed by atoms with van der Waals surface area (Å²) in [6, 6.07) is 14.4. The zero-order valence-electron chi connectivity index (χ0n) is 21.1. The number of carbonyl (C=O) groups is 2. The zero-order chi connectivity index (χ0) is 26.5. The van der Waals surface area contributed by atoms with Gasteiger partial charge in [0.1, 0.15) is 29.6 Å². The number of nitriles is 2. The fraction of sp³-hybridized carbons (Fsp3) is 0.448. The van der Waals surface area contributed by atoms with Gasteiger partial charge < -0.3 is 10.1 Å². The molecule has 0 bridgehead atoms. The number of hydrogen-bond donors (Lipinski definition) is 1. The summed E-state index contributed by atoms with van der Waals surface area (Å²) in [6.45, 7) is 5.42. The smallest absolute Gasteiger partial charge is 0.411 e. The Morgan fingerprint density at radius 2 is 1.89 bits per heavy atom. The standard InChI is InChI=1S/C29H29FN4O3/c1-28(2,3)37-27(36)34-24-14-29(24)11-10-22(29)25(34)26(35)33-21(16-32)12-17-4-6-18(7-5-17)19-8-9-20(15-31)23(30)13-19/h4-9,13,21-22,24-25H,10-12,14H2,1-3H3,(H,33,35). The van der Waals surface area contributed by atoms with Crippen molar-refractivity contribution in [3.63, 3.8) is 0 Å². The van der Waals surface area contributed by atoms with E-state index in [9.17, 15) is 19.2 Å². The van der Waals surface area contributed by atoms with Gasteiger partial charge in [0, 0.05) is 12.5 Å². The van der Waals surface area contributed by atoms with E-state index in [4.69, 9.17) is 10.00 Å². The molecule has 3 aliphatic rings. The van der Waals surface area contributed by atoms with Crippen molar-refractivity contribution in [1.82, 2.24) is 10.2 Å². The molecule has 2 amide bonds. The first-order valence-electron chi connectivity index (χ1n) is 12.6. The van der Waals surface area contributed by atoms with E-state index in [0.717, 1.165) is 30.4 Å². The second kappa shape index (κ2) is 8.88. The first kappa shape index (κ1) is 24.8. The van der Waals surface area contributed by atoms with Crippen molar-refractivity contribution in [3.05, 3.63) is 59.4 Å². The van der Waals surface area contributed by atoms with Crippen molar-refractivity contribution < 1.29 is 18.7 Å². The van der Waals surface area contributed by atoms with Crippen LogP contribution >= 0.6 is 0 Å². The van der Waals surface area contributed by atoms with Crippen molar-refractivity contribution in [2.24, 2.45) is 11.3 Å². The van der Waals surface area contributed by atoms with Crippen LogP contribution in [0.4, 0.5) is 9.18 Å². The van der Waals surface area contributed by atoms with Crippen LogP contribution < -0.4 is 5.32 Å². The number of halogens is 1. The Morgan fingerprint density at radius 1 is 1.19 bits per heavy atom. The van der Waals surface area contributed by atoms with Gasteiger partial charge in [-0.05, 0) is 80.2 Å². The highest BCUT2D eigenvalue weighted by Crippen LogP contribution is 2.72. The van der Waals surface area contributed by atoms with Crippen molar-refractivity contribution in [2.75, 3.05) is 0 Å². The predicted molar refractivity (Wildman–Crippen MR) is 133 cm³/mol. The molecule has 8 heteroatoms. The largest absolute Gasteiger partial charge is 0.444 e. The van der Waals surface area contributed by atoms with Crippen LogP contribution in [0.3, 0.4) is 0 Å². The molecule has 2 aromatic rings. The van der Waals surface area contributed by atoms with Gasteiger partial charge in [0.15, 0.2) is 0 Å². The van der Waals surface area contributed by atoms with E-state index in [2.05, 4.69) is 11.4 Å². The quantitative estimate of drug-likeness (QED) is 0.640. The Kier molecular flexibility index (Phi) is 5.95. The van der Waals surface area contributed by atoms with Crippen LogP contribution in [0.1, 0.15) is 51.2 Å². The number of ether oxygens (including phenoxy) is 1. The highest BCUT2D eigenvalue weighted by atomic mass is 19.1. The number of amides is 2. The maximum atomic E-state index is 14.0. The molecule has 5 unspecified atom stereocenters. The predicted octanol–water partition coefficient (Wildman–Crippen LogP) is 4.70. The van der Waals surface area contributed by atoms with Gasteiger partial charge in [0.25, 0.3) is 0 Å². The summed E-state index contributed by atoms with van der Waals surface area (Å²) in [6.07, 6.45) is 2.65. The molecule has 0 radical (unpaired) electrons. The van der Waals surface area contributed by atoms with E-state index in [-0.39, 0.29) is 28.8 Å². The van der Waals surface area contributed by atoms with Crippen LogP contribution in [-0.2, 0) is 16.0 Å². The lowest BCUT2D eigenvalue weighted by Crippen LogP contribution is -2.55. The number of benzene rings is 2. The van der Waals surface area contributed by atoms with E-state index in [1.807, 2.05) is 51.1 Å². The summed E-state index contributed by atoms with van der Waals surface area (Å²) in [4.78, 5) is 28.0. The van der Waals surface area contributed by atoms with Gasteiger partial charge in [-0.1, -0.05) is 30.3 Å². The molecular weight excluding hydrogens is 471 g/mol. The van der Waals surface area contributed by atoms with Crippen LogP contribution in [-0.4, -0.2) is 40.6 Å². The molecule has 7 nitrogen and oxygen atoms in total. The molecule has 1 heterocycles. The number of hydrogen-bond acceptors (Lipinski definition) is 5. The van der Waals surface area contributed by atoms with Gasteiger partial charge in [-0.25, -0.2) is 9.18 Å². The summed E-state index contributed by atoms with van der Waals surface area (Å²) in [7, 11) is 0. The van der Waals surface area contributed by atoms with Gasteiger partial charge in [0.05, 0.1) is 11.6 Å². The molecule has 2 saturated carbocycles. The minimum absolute atomic E-state index is 0.00871. The maximum Gasteiger partial charge on any atom is 0.411 e. The fourth-order valence-corrected chi connectivity index (χ4v) is 5.99. The summed E-state index contributed by atoms with van der Waals surface area (Å²) < 4.78 is 19.6. The van der Waals surface area contributed by atoms with Gasteiger partial charge in [-0.3, -0.25) is 9.69 Å². The normalized spacial score (nSPS) is 26.0. The van der Waals surface area contributed by atoms with Crippen LogP contribution in [0.25, 0.3) is 11.1 Å². The summed E-state index contributed by atoms with van der Waals surface area (Å²) >= 11 is 0. The van der Waals surface area contributed by atoms with E-state index in [0.29, 0.717) is 12.0 Å². The highest BCUT2D eigenvalue weighted by Gasteiger charge is 2.76. The third-order valence-corrected chi connectivity index (χ3v) is 7.91. The summed E-state index contributed by atoms with van der Waals surface area (Å²) in [5.41, 5.74) is 1.63. The van der Waals surface area contributed by atoms with Crippen LogP contribution in [0, 0.1) is 39.8 Å². The fourth-order valence-electron chi connectivity index (χ4n) is 5.99. The van der Waals surface area contributed by atoms with Crippen molar-refractivity contribution >= 4 is 12.0 Å². The van der Waals surface area contributed by atoms with Gasteiger partial charge in [-0.2, -0.15) is 10.5 Å². The monoisotopic (exact) mass is 500 g/mol. The topological polar surface area (TPSA) is 106 Å². The van der Waals surface area contributed by atoms with Gasteiger partial charge in [0.2, 0.25) is 5.91 Å². The molecule has 5 rings (SSSR count). The van der Waals surface area contributed by atoms with Crippen molar-refractivity contribution in [3.8, 4) is 23.3 Å². The van der Waals surface area contributed by atoms with E-state index in [1.54, 1.807) is 11.0 Å². The second-order valence-electron chi connectivity index (χ2n) is 11.3. The molecule has 1 spiro atoms. The second-order valence-corrected chi connectivity index (χ2v) is 11.3. The van der Waals surface area contributed by atoms with E-state index < -0.39 is 29.6 Å². The highest BCUT2D eigenvalue weighted by molar-refractivity contribution is 5.88.